The topological polar surface area (TPSA) is 175 Å². The fourth-order valence-electron chi connectivity index (χ4n) is 0.847. The number of nitro groups is 1. The molecule has 0 unspecified atom stereocenters. The van der Waals surface area contributed by atoms with Crippen molar-refractivity contribution in [3.63, 3.8) is 0 Å². The summed E-state index contributed by atoms with van der Waals surface area (Å²) in [4.78, 5) is 19.9. The first-order valence-electron chi connectivity index (χ1n) is 4.03. The molecule has 0 heterocycles. The lowest BCUT2D eigenvalue weighted by molar-refractivity contribution is -0.385. The molecule has 4 N–H and O–H groups in total. The summed E-state index contributed by atoms with van der Waals surface area (Å²) in [5.74, 6) is -2.09. The lowest BCUT2D eigenvalue weighted by Gasteiger charge is -2.00. The number of halogens is 1. The lowest BCUT2D eigenvalue weighted by Crippen LogP contribution is -1.98. The van der Waals surface area contributed by atoms with Crippen LogP contribution in [0.2, 0.25) is 5.02 Å². The largest absolute Gasteiger partial charge is 0.501 e. The average Bonchev–Trinajstić information content (AvgIpc) is 2.18. The number of benzene rings is 1. The third kappa shape index (κ3) is 6.52. The summed E-state index contributed by atoms with van der Waals surface area (Å²) in [5.41, 5.74) is -1.07. The molecule has 0 aromatic heterocycles. The molecule has 0 radical (unpaired) electrons. The van der Waals surface area contributed by atoms with Crippen LogP contribution in [-0.4, -0.2) is 38.6 Å². The molecule has 0 atom stereocenters. The van der Waals surface area contributed by atoms with Gasteiger partial charge in [-0.1, -0.05) is 11.6 Å². The summed E-state index contributed by atoms with van der Waals surface area (Å²) < 4.78 is 31.6. The van der Waals surface area contributed by atoms with E-state index in [1.807, 2.05) is 0 Å². The van der Waals surface area contributed by atoms with Crippen LogP contribution in [0, 0.1) is 10.1 Å². The fourth-order valence-corrected chi connectivity index (χ4v) is 1.06. The second kappa shape index (κ2) is 6.29. The molecule has 0 bridgehead atoms. The number of phenols is 1. The Bertz CT molecular complexity index is 603. The molecule has 0 aliphatic carbocycles. The van der Waals surface area contributed by atoms with Gasteiger partial charge in [-0.05, 0) is 6.07 Å². The molecule has 106 valence electrons. The highest BCUT2D eigenvalue weighted by molar-refractivity contribution is 7.79. The quantitative estimate of drug-likeness (QED) is 0.352. The van der Waals surface area contributed by atoms with Crippen LogP contribution in [0.4, 0.5) is 5.69 Å². The highest BCUT2D eigenvalue weighted by atomic mass is 35.5. The molecule has 10 nitrogen and oxygen atoms in total. The number of hydrogen-bond acceptors (Lipinski definition) is 6. The van der Waals surface area contributed by atoms with Gasteiger partial charge in [0.1, 0.15) is 0 Å². The normalized spacial score (nSPS) is 10.3. The Morgan fingerprint density at radius 3 is 2.05 bits per heavy atom. The van der Waals surface area contributed by atoms with E-state index in [2.05, 4.69) is 0 Å². The Morgan fingerprint density at radius 2 is 1.74 bits per heavy atom. The first-order chi connectivity index (χ1) is 8.43. The molecule has 12 heteroatoms. The molecular formula is C7H6ClNO9S. The van der Waals surface area contributed by atoms with Crippen LogP contribution < -0.4 is 0 Å². The van der Waals surface area contributed by atoms with Crippen LogP contribution in [0.25, 0.3) is 0 Å². The molecule has 0 spiro atoms. The summed E-state index contributed by atoms with van der Waals surface area (Å²) in [5, 5.41) is 27.6. The molecule has 0 aliphatic heterocycles. The van der Waals surface area contributed by atoms with Gasteiger partial charge in [-0.3, -0.25) is 19.2 Å². The van der Waals surface area contributed by atoms with Crippen molar-refractivity contribution in [2.75, 3.05) is 0 Å². The van der Waals surface area contributed by atoms with Crippen molar-refractivity contribution < 1.29 is 37.5 Å². The molecule has 0 amide bonds. The van der Waals surface area contributed by atoms with Gasteiger partial charge in [0.15, 0.2) is 0 Å². The molecular weight excluding hydrogens is 310 g/mol. The fraction of sp³-hybridized carbons (Fsp3) is 0. The highest BCUT2D eigenvalue weighted by Gasteiger charge is 2.20. The zero-order valence-electron chi connectivity index (χ0n) is 8.72. The van der Waals surface area contributed by atoms with Crippen molar-refractivity contribution in [3.05, 3.63) is 32.8 Å². The van der Waals surface area contributed by atoms with E-state index in [4.69, 9.17) is 39.3 Å². The zero-order chi connectivity index (χ0) is 15.4. The maximum absolute atomic E-state index is 10.5. The Balaban J connectivity index is 0.000000555. The van der Waals surface area contributed by atoms with Crippen LogP contribution in [0.5, 0.6) is 5.75 Å². The Kier molecular flexibility index (Phi) is 5.64. The Morgan fingerprint density at radius 1 is 1.32 bits per heavy atom. The average molecular weight is 316 g/mol. The van der Waals surface area contributed by atoms with Crippen molar-refractivity contribution >= 4 is 33.7 Å². The first kappa shape index (κ1) is 17.1. The van der Waals surface area contributed by atoms with E-state index in [0.717, 1.165) is 12.1 Å². The monoisotopic (exact) mass is 315 g/mol. The van der Waals surface area contributed by atoms with Gasteiger partial charge < -0.3 is 10.2 Å². The SMILES string of the molecule is O=C(O)c1cc(Cl)c(O)c([N+](=O)[O-])c1.O=S(=O)(O)O. The summed E-state index contributed by atoms with van der Waals surface area (Å²) >= 11 is 5.39. The number of carboxylic acids is 1. The van der Waals surface area contributed by atoms with E-state index in [1.165, 1.54) is 0 Å². The summed E-state index contributed by atoms with van der Waals surface area (Å²) in [6.07, 6.45) is 0. The number of rotatable bonds is 2. The third-order valence-corrected chi connectivity index (χ3v) is 1.78. The highest BCUT2D eigenvalue weighted by Crippen LogP contribution is 2.34. The number of hydrogen-bond donors (Lipinski definition) is 4. The van der Waals surface area contributed by atoms with Crippen molar-refractivity contribution in [2.45, 2.75) is 0 Å². The van der Waals surface area contributed by atoms with E-state index >= 15 is 0 Å². The third-order valence-electron chi connectivity index (χ3n) is 1.49. The smallest absolute Gasteiger partial charge is 0.394 e. The van der Waals surface area contributed by atoms with E-state index in [1.54, 1.807) is 0 Å². The van der Waals surface area contributed by atoms with Gasteiger partial charge in [-0.25, -0.2) is 4.79 Å². The van der Waals surface area contributed by atoms with Gasteiger partial charge in [0.2, 0.25) is 5.75 Å². The Hall–Kier alpha value is -1.95. The minimum atomic E-state index is -4.67. The van der Waals surface area contributed by atoms with Crippen LogP contribution in [0.15, 0.2) is 12.1 Å². The van der Waals surface area contributed by atoms with Crippen molar-refractivity contribution in [3.8, 4) is 5.75 Å². The summed E-state index contributed by atoms with van der Waals surface area (Å²) in [6.45, 7) is 0. The van der Waals surface area contributed by atoms with Gasteiger partial charge in [-0.2, -0.15) is 8.42 Å². The van der Waals surface area contributed by atoms with Gasteiger partial charge in [-0.15, -0.1) is 0 Å². The van der Waals surface area contributed by atoms with Crippen molar-refractivity contribution in [1.29, 1.82) is 0 Å². The van der Waals surface area contributed by atoms with E-state index in [-0.39, 0.29) is 10.6 Å². The predicted octanol–water partition coefficient (Wildman–Crippen LogP) is 0.999. The van der Waals surface area contributed by atoms with Crippen LogP contribution in [-0.2, 0) is 10.4 Å². The maximum atomic E-state index is 10.5. The van der Waals surface area contributed by atoms with Crippen molar-refractivity contribution in [2.24, 2.45) is 0 Å². The molecule has 19 heavy (non-hydrogen) atoms. The van der Waals surface area contributed by atoms with Crippen LogP contribution in [0.1, 0.15) is 10.4 Å². The molecule has 0 aliphatic rings. The van der Waals surface area contributed by atoms with Gasteiger partial charge >= 0.3 is 22.1 Å². The predicted molar refractivity (Wildman–Crippen MR) is 60.9 cm³/mol. The minimum absolute atomic E-state index is 0.348. The number of aromatic hydroxyl groups is 1. The number of aromatic carboxylic acids is 1. The maximum Gasteiger partial charge on any atom is 0.394 e. The molecule has 0 saturated heterocycles. The molecule has 1 aromatic carbocycles. The van der Waals surface area contributed by atoms with Crippen LogP contribution >= 0.6 is 11.6 Å². The lowest BCUT2D eigenvalue weighted by atomic mass is 10.2. The second-order valence-electron chi connectivity index (χ2n) is 2.84. The van der Waals surface area contributed by atoms with E-state index in [0.29, 0.717) is 0 Å². The summed E-state index contributed by atoms with van der Waals surface area (Å²) in [6, 6.07) is 1.68. The molecule has 0 fully saturated rings. The number of nitro benzene ring substituents is 1. The van der Waals surface area contributed by atoms with Gasteiger partial charge in [0.05, 0.1) is 15.5 Å². The zero-order valence-corrected chi connectivity index (χ0v) is 10.3. The number of nitrogens with zero attached hydrogens (tertiary/aromatic N) is 1. The van der Waals surface area contributed by atoms with Gasteiger partial charge in [0, 0.05) is 6.07 Å². The van der Waals surface area contributed by atoms with E-state index in [9.17, 15) is 14.9 Å². The van der Waals surface area contributed by atoms with Gasteiger partial charge in [0.25, 0.3) is 0 Å². The Labute approximate surface area is 110 Å². The second-order valence-corrected chi connectivity index (χ2v) is 4.14. The first-order valence-corrected chi connectivity index (χ1v) is 5.81. The number of carbonyl (C=O) groups is 1. The molecule has 0 saturated carbocycles. The van der Waals surface area contributed by atoms with E-state index < -0.39 is 32.7 Å². The minimum Gasteiger partial charge on any atom is -0.501 e. The number of carboxylic acid groups (broad SMARTS) is 1. The summed E-state index contributed by atoms with van der Waals surface area (Å²) in [7, 11) is -4.67. The van der Waals surface area contributed by atoms with Crippen LogP contribution in [0.3, 0.4) is 0 Å². The number of phenolic OH excluding ortho intramolecular Hbond substituents is 1. The molecule has 1 aromatic rings. The standard InChI is InChI=1S/C7H4ClNO5.H2O4S/c8-4-1-3(7(11)12)2-5(6(4)10)9(13)14;1-5(2,3)4/h1-2,10H,(H,11,12);(H2,1,2,3,4). The molecule has 1 rings (SSSR count). The van der Waals surface area contributed by atoms with Crippen molar-refractivity contribution in [1.82, 2.24) is 0 Å².